The maximum atomic E-state index is 12.6. The first kappa shape index (κ1) is 38.8. The standard InChI is InChI=1S/C44H60O4/c1-4-7-9-11-13-15-17-19-21-33-47-43(45)39-27-23-37(24-28-39)41-31-32-42(36(6-3)35-41)38-25-29-40(30-26-38)44(46)48-34-22-20-18-16-14-12-10-8-5-2/h6,23-32,35H,3-5,7-22,33-34H2,1-2H3. The molecule has 4 nitrogen and oxygen atoms in total. The molecule has 0 atom stereocenters. The number of hydrogen-bond acceptors (Lipinski definition) is 4. The lowest BCUT2D eigenvalue weighted by Gasteiger charge is -2.11. The predicted octanol–water partition coefficient (Wildman–Crippen LogP) is 13.0. The molecule has 0 aliphatic carbocycles. The molecular weight excluding hydrogens is 592 g/mol. The number of ether oxygens (including phenoxy) is 2. The van der Waals surface area contributed by atoms with Crippen LogP contribution in [-0.4, -0.2) is 25.2 Å². The van der Waals surface area contributed by atoms with E-state index in [4.69, 9.17) is 9.47 Å². The zero-order chi connectivity index (χ0) is 34.2. The zero-order valence-electron chi connectivity index (χ0n) is 29.9. The van der Waals surface area contributed by atoms with Gasteiger partial charge in [0.2, 0.25) is 0 Å². The van der Waals surface area contributed by atoms with Crippen LogP contribution in [0.4, 0.5) is 0 Å². The van der Waals surface area contributed by atoms with Crippen molar-refractivity contribution in [3.05, 3.63) is 90.0 Å². The first-order valence-corrected chi connectivity index (χ1v) is 18.9. The fourth-order valence-corrected chi connectivity index (χ4v) is 6.08. The summed E-state index contributed by atoms with van der Waals surface area (Å²) in [4.78, 5) is 25.2. The molecule has 0 amide bonds. The first-order valence-electron chi connectivity index (χ1n) is 18.9. The molecule has 0 aromatic heterocycles. The number of benzene rings is 3. The van der Waals surface area contributed by atoms with Crippen molar-refractivity contribution in [1.29, 1.82) is 0 Å². The monoisotopic (exact) mass is 652 g/mol. The van der Waals surface area contributed by atoms with Gasteiger partial charge < -0.3 is 9.47 Å². The largest absolute Gasteiger partial charge is 0.462 e. The molecular formula is C44H60O4. The van der Waals surface area contributed by atoms with Gasteiger partial charge in [0.1, 0.15) is 0 Å². The fourth-order valence-electron chi connectivity index (χ4n) is 6.08. The van der Waals surface area contributed by atoms with Crippen LogP contribution in [0.3, 0.4) is 0 Å². The first-order chi connectivity index (χ1) is 23.6. The van der Waals surface area contributed by atoms with Crippen LogP contribution in [0.15, 0.2) is 73.3 Å². The summed E-state index contributed by atoms with van der Waals surface area (Å²) in [6.07, 6.45) is 24.1. The van der Waals surface area contributed by atoms with Gasteiger partial charge in [-0.15, -0.1) is 0 Å². The van der Waals surface area contributed by atoms with E-state index in [-0.39, 0.29) is 11.9 Å². The molecule has 260 valence electrons. The maximum absolute atomic E-state index is 12.6. The number of esters is 2. The Morgan fingerprint density at radius 2 is 0.875 bits per heavy atom. The lowest BCUT2D eigenvalue weighted by atomic mass is 9.94. The van der Waals surface area contributed by atoms with E-state index in [2.05, 4.69) is 38.6 Å². The van der Waals surface area contributed by atoms with Gasteiger partial charge >= 0.3 is 11.9 Å². The highest BCUT2D eigenvalue weighted by Crippen LogP contribution is 2.30. The lowest BCUT2D eigenvalue weighted by Crippen LogP contribution is -2.06. The summed E-state index contributed by atoms with van der Waals surface area (Å²) in [6.45, 7) is 9.48. The van der Waals surface area contributed by atoms with E-state index in [0.29, 0.717) is 24.3 Å². The van der Waals surface area contributed by atoms with E-state index in [9.17, 15) is 9.59 Å². The second-order valence-corrected chi connectivity index (χ2v) is 13.1. The average Bonchev–Trinajstić information content (AvgIpc) is 3.12. The Bertz CT molecular complexity index is 1340. The molecule has 0 bridgehead atoms. The minimum Gasteiger partial charge on any atom is -0.462 e. The second-order valence-electron chi connectivity index (χ2n) is 13.1. The Balaban J connectivity index is 1.43. The molecule has 0 N–H and O–H groups in total. The van der Waals surface area contributed by atoms with Gasteiger partial charge in [-0.05, 0) is 71.0 Å². The highest BCUT2D eigenvalue weighted by atomic mass is 16.5. The van der Waals surface area contributed by atoms with Crippen LogP contribution in [-0.2, 0) is 9.47 Å². The minimum absolute atomic E-state index is 0.265. The summed E-state index contributed by atoms with van der Waals surface area (Å²) >= 11 is 0. The normalized spacial score (nSPS) is 11.0. The molecule has 48 heavy (non-hydrogen) atoms. The van der Waals surface area contributed by atoms with Crippen molar-refractivity contribution in [3.63, 3.8) is 0 Å². The molecule has 3 rings (SSSR count). The van der Waals surface area contributed by atoms with Crippen LogP contribution in [0.25, 0.3) is 28.3 Å². The molecule has 0 spiro atoms. The number of carbonyl (C=O) groups is 2. The second kappa shape index (κ2) is 23.6. The third-order valence-electron chi connectivity index (χ3n) is 9.12. The Morgan fingerprint density at radius 1 is 0.500 bits per heavy atom. The Kier molecular flexibility index (Phi) is 19.1. The summed E-state index contributed by atoms with van der Waals surface area (Å²) in [7, 11) is 0. The third kappa shape index (κ3) is 14.2. The molecule has 4 heteroatoms. The number of hydrogen-bond donors (Lipinski definition) is 0. The van der Waals surface area contributed by atoms with Gasteiger partial charge in [0, 0.05) is 0 Å². The van der Waals surface area contributed by atoms with Crippen molar-refractivity contribution >= 4 is 18.0 Å². The van der Waals surface area contributed by atoms with Crippen molar-refractivity contribution < 1.29 is 19.1 Å². The maximum Gasteiger partial charge on any atom is 0.338 e. The van der Waals surface area contributed by atoms with Crippen LogP contribution in [0.1, 0.15) is 156 Å². The summed E-state index contributed by atoms with van der Waals surface area (Å²) in [5.41, 5.74) is 6.25. The van der Waals surface area contributed by atoms with Crippen LogP contribution < -0.4 is 0 Å². The van der Waals surface area contributed by atoms with Crippen molar-refractivity contribution in [2.24, 2.45) is 0 Å². The van der Waals surface area contributed by atoms with Crippen LogP contribution in [0.2, 0.25) is 0 Å². The van der Waals surface area contributed by atoms with E-state index in [0.717, 1.165) is 53.5 Å². The van der Waals surface area contributed by atoms with E-state index in [1.54, 1.807) is 0 Å². The minimum atomic E-state index is -0.267. The molecule has 0 saturated heterocycles. The van der Waals surface area contributed by atoms with Crippen LogP contribution in [0.5, 0.6) is 0 Å². The van der Waals surface area contributed by atoms with Crippen LogP contribution >= 0.6 is 0 Å². The summed E-state index contributed by atoms with van der Waals surface area (Å²) in [6, 6.07) is 21.5. The quantitative estimate of drug-likeness (QED) is 0.0675. The van der Waals surface area contributed by atoms with Gasteiger partial charge in [-0.2, -0.15) is 0 Å². The van der Waals surface area contributed by atoms with Gasteiger partial charge in [0.15, 0.2) is 0 Å². The summed E-state index contributed by atoms with van der Waals surface area (Å²) < 4.78 is 11.1. The predicted molar refractivity (Wildman–Crippen MR) is 202 cm³/mol. The summed E-state index contributed by atoms with van der Waals surface area (Å²) in [5.74, 6) is -0.532. The number of rotatable bonds is 25. The Morgan fingerprint density at radius 3 is 1.29 bits per heavy atom. The van der Waals surface area contributed by atoms with Gasteiger partial charge in [-0.3, -0.25) is 0 Å². The number of carbonyl (C=O) groups excluding carboxylic acids is 2. The van der Waals surface area contributed by atoms with E-state index >= 15 is 0 Å². The van der Waals surface area contributed by atoms with Crippen molar-refractivity contribution in [3.8, 4) is 22.3 Å². The molecule has 3 aromatic rings. The summed E-state index contributed by atoms with van der Waals surface area (Å²) in [5, 5.41) is 0. The Hall–Kier alpha value is -3.66. The smallest absolute Gasteiger partial charge is 0.338 e. The SMILES string of the molecule is C=Cc1cc(-c2ccc(C(=O)OCCCCCCCCCCC)cc2)ccc1-c1ccc(C(=O)OCCCCCCCCCCC)cc1. The molecule has 0 radical (unpaired) electrons. The van der Waals surface area contributed by atoms with Gasteiger partial charge in [-0.1, -0.05) is 166 Å². The molecule has 0 fully saturated rings. The molecule has 0 heterocycles. The highest BCUT2D eigenvalue weighted by Gasteiger charge is 2.11. The van der Waals surface area contributed by atoms with E-state index in [1.807, 2.05) is 54.6 Å². The van der Waals surface area contributed by atoms with E-state index in [1.165, 1.54) is 89.9 Å². The van der Waals surface area contributed by atoms with Crippen molar-refractivity contribution in [2.75, 3.05) is 13.2 Å². The zero-order valence-corrected chi connectivity index (χ0v) is 29.9. The van der Waals surface area contributed by atoms with Gasteiger partial charge in [0.25, 0.3) is 0 Å². The Labute approximate surface area is 291 Å². The molecule has 0 aliphatic heterocycles. The van der Waals surface area contributed by atoms with Crippen molar-refractivity contribution in [1.82, 2.24) is 0 Å². The molecule has 3 aromatic carbocycles. The van der Waals surface area contributed by atoms with Crippen LogP contribution in [0, 0.1) is 0 Å². The fraction of sp³-hybridized carbons (Fsp3) is 0.500. The number of unbranched alkanes of at least 4 members (excludes halogenated alkanes) is 16. The third-order valence-corrected chi connectivity index (χ3v) is 9.12. The average molecular weight is 653 g/mol. The van der Waals surface area contributed by atoms with E-state index < -0.39 is 0 Å². The van der Waals surface area contributed by atoms with Crippen molar-refractivity contribution in [2.45, 2.75) is 129 Å². The highest BCUT2D eigenvalue weighted by molar-refractivity contribution is 5.91. The van der Waals surface area contributed by atoms with Gasteiger partial charge in [-0.25, -0.2) is 9.59 Å². The lowest BCUT2D eigenvalue weighted by molar-refractivity contribution is 0.0488. The molecule has 0 saturated carbocycles. The molecule has 0 unspecified atom stereocenters. The van der Waals surface area contributed by atoms with Gasteiger partial charge in [0.05, 0.1) is 24.3 Å². The topological polar surface area (TPSA) is 52.6 Å². The molecule has 0 aliphatic rings.